The Labute approximate surface area is 147 Å². The highest BCUT2D eigenvalue weighted by Crippen LogP contribution is 2.27. The molecule has 2 aromatic rings. The summed E-state index contributed by atoms with van der Waals surface area (Å²) >= 11 is 0. The standard InChI is InChI=1S/C20H22N2O3/c1-25-18-9-5-3-7-16(18)10-12-21-19(23)14-20(24)22-13-11-15-6-2-4-8-17(15)22/h2-9H,10-14H2,1H3,(H,21,23). The van der Waals surface area contributed by atoms with Crippen molar-refractivity contribution in [1.82, 2.24) is 5.32 Å². The van der Waals surface area contributed by atoms with Crippen LogP contribution in [0.1, 0.15) is 17.5 Å². The summed E-state index contributed by atoms with van der Waals surface area (Å²) in [5.41, 5.74) is 3.12. The van der Waals surface area contributed by atoms with Crippen LogP contribution in [0.3, 0.4) is 0 Å². The van der Waals surface area contributed by atoms with Gasteiger partial charge in [-0.3, -0.25) is 9.59 Å². The predicted octanol–water partition coefficient (Wildman–Crippen LogP) is 2.33. The maximum absolute atomic E-state index is 12.4. The molecule has 2 aromatic carbocycles. The molecule has 25 heavy (non-hydrogen) atoms. The van der Waals surface area contributed by atoms with Crippen molar-refractivity contribution in [3.63, 3.8) is 0 Å². The first kappa shape index (κ1) is 17.0. The third-order valence-corrected chi connectivity index (χ3v) is 4.41. The zero-order valence-corrected chi connectivity index (χ0v) is 14.3. The molecule has 0 aliphatic carbocycles. The fourth-order valence-electron chi connectivity index (χ4n) is 3.14. The lowest BCUT2D eigenvalue weighted by atomic mass is 10.1. The maximum atomic E-state index is 12.4. The van der Waals surface area contributed by atoms with E-state index >= 15 is 0 Å². The lowest BCUT2D eigenvalue weighted by molar-refractivity contribution is -0.127. The Hall–Kier alpha value is -2.82. The van der Waals surface area contributed by atoms with Crippen molar-refractivity contribution in [2.75, 3.05) is 25.1 Å². The highest BCUT2D eigenvalue weighted by molar-refractivity contribution is 6.05. The SMILES string of the molecule is COc1ccccc1CCNC(=O)CC(=O)N1CCc2ccccc21. The number of amides is 2. The van der Waals surface area contributed by atoms with Crippen LogP contribution in [0.25, 0.3) is 0 Å². The Bertz CT molecular complexity index is 773. The summed E-state index contributed by atoms with van der Waals surface area (Å²) < 4.78 is 5.29. The molecule has 1 aliphatic rings. The molecule has 0 radical (unpaired) electrons. The number of fused-ring (bicyclic) bond motifs is 1. The molecule has 1 heterocycles. The second kappa shape index (κ2) is 7.83. The third-order valence-electron chi connectivity index (χ3n) is 4.41. The number of hydrogen-bond acceptors (Lipinski definition) is 3. The Kier molecular flexibility index (Phi) is 5.33. The zero-order chi connectivity index (χ0) is 17.6. The van der Waals surface area contributed by atoms with E-state index in [0.29, 0.717) is 19.5 Å². The molecule has 1 N–H and O–H groups in total. The van der Waals surface area contributed by atoms with E-state index in [1.807, 2.05) is 48.5 Å². The maximum Gasteiger partial charge on any atom is 0.236 e. The van der Waals surface area contributed by atoms with Gasteiger partial charge in [-0.25, -0.2) is 0 Å². The van der Waals surface area contributed by atoms with E-state index in [2.05, 4.69) is 5.32 Å². The first-order chi connectivity index (χ1) is 12.2. The lowest BCUT2D eigenvalue weighted by Crippen LogP contribution is -2.35. The molecule has 0 aromatic heterocycles. The molecule has 0 atom stereocenters. The van der Waals surface area contributed by atoms with E-state index in [1.165, 1.54) is 0 Å². The fourth-order valence-corrected chi connectivity index (χ4v) is 3.14. The quantitative estimate of drug-likeness (QED) is 0.823. The zero-order valence-electron chi connectivity index (χ0n) is 14.3. The number of carbonyl (C=O) groups is 2. The average Bonchev–Trinajstić information content (AvgIpc) is 3.06. The molecule has 5 nitrogen and oxygen atoms in total. The molecule has 0 bridgehead atoms. The smallest absolute Gasteiger partial charge is 0.236 e. The molecule has 5 heteroatoms. The second-order valence-corrected chi connectivity index (χ2v) is 6.01. The van der Waals surface area contributed by atoms with Crippen molar-refractivity contribution in [3.8, 4) is 5.75 Å². The Morgan fingerprint density at radius 1 is 1.12 bits per heavy atom. The van der Waals surface area contributed by atoms with Gasteiger partial charge in [0.15, 0.2) is 0 Å². The van der Waals surface area contributed by atoms with Crippen molar-refractivity contribution < 1.29 is 14.3 Å². The monoisotopic (exact) mass is 338 g/mol. The Morgan fingerprint density at radius 2 is 1.88 bits per heavy atom. The van der Waals surface area contributed by atoms with E-state index in [9.17, 15) is 9.59 Å². The van der Waals surface area contributed by atoms with Gasteiger partial charge in [0.2, 0.25) is 11.8 Å². The minimum atomic E-state index is -0.246. The number of anilines is 1. The molecule has 0 spiro atoms. The third kappa shape index (κ3) is 3.99. The summed E-state index contributed by atoms with van der Waals surface area (Å²) in [5.74, 6) is 0.408. The number of ether oxygens (including phenoxy) is 1. The molecule has 0 fully saturated rings. The molecule has 130 valence electrons. The van der Waals surface area contributed by atoms with Crippen molar-refractivity contribution in [2.24, 2.45) is 0 Å². The number of nitrogens with one attached hydrogen (secondary N) is 1. The minimum Gasteiger partial charge on any atom is -0.496 e. The number of para-hydroxylation sites is 2. The molecular formula is C20H22N2O3. The van der Waals surface area contributed by atoms with Gasteiger partial charge in [0, 0.05) is 18.8 Å². The molecular weight excluding hydrogens is 316 g/mol. The highest BCUT2D eigenvalue weighted by Gasteiger charge is 2.25. The number of hydrogen-bond donors (Lipinski definition) is 1. The Balaban J connectivity index is 1.49. The van der Waals surface area contributed by atoms with E-state index in [1.54, 1.807) is 12.0 Å². The van der Waals surface area contributed by atoms with Gasteiger partial charge < -0.3 is 15.0 Å². The highest BCUT2D eigenvalue weighted by atomic mass is 16.5. The van der Waals surface area contributed by atoms with Gasteiger partial charge in [0.1, 0.15) is 12.2 Å². The summed E-state index contributed by atoms with van der Waals surface area (Å²) in [4.78, 5) is 26.2. The van der Waals surface area contributed by atoms with Crippen LogP contribution in [-0.2, 0) is 22.4 Å². The minimum absolute atomic E-state index is 0.125. The molecule has 3 rings (SSSR count). The van der Waals surface area contributed by atoms with Gasteiger partial charge in [0.05, 0.1) is 7.11 Å². The van der Waals surface area contributed by atoms with E-state index < -0.39 is 0 Å². The lowest BCUT2D eigenvalue weighted by Gasteiger charge is -2.17. The van der Waals surface area contributed by atoms with Crippen LogP contribution in [0.2, 0.25) is 0 Å². The van der Waals surface area contributed by atoms with Crippen LogP contribution < -0.4 is 15.0 Å². The van der Waals surface area contributed by atoms with E-state index in [4.69, 9.17) is 4.74 Å². The van der Waals surface area contributed by atoms with Crippen molar-refractivity contribution >= 4 is 17.5 Å². The van der Waals surface area contributed by atoms with Crippen molar-refractivity contribution in [1.29, 1.82) is 0 Å². The fraction of sp³-hybridized carbons (Fsp3) is 0.300. The van der Waals surface area contributed by atoms with E-state index in [-0.39, 0.29) is 18.2 Å². The molecule has 1 aliphatic heterocycles. The van der Waals surface area contributed by atoms with Crippen LogP contribution in [0.4, 0.5) is 5.69 Å². The second-order valence-electron chi connectivity index (χ2n) is 6.01. The number of rotatable bonds is 6. The largest absolute Gasteiger partial charge is 0.496 e. The number of benzene rings is 2. The molecule has 0 unspecified atom stereocenters. The topological polar surface area (TPSA) is 58.6 Å². The van der Waals surface area contributed by atoms with Crippen LogP contribution >= 0.6 is 0 Å². The normalized spacial score (nSPS) is 12.6. The molecule has 2 amide bonds. The van der Waals surface area contributed by atoms with Crippen LogP contribution in [0.5, 0.6) is 5.75 Å². The number of carbonyl (C=O) groups excluding carboxylic acids is 2. The summed E-state index contributed by atoms with van der Waals surface area (Å²) in [6.45, 7) is 1.12. The van der Waals surface area contributed by atoms with E-state index in [0.717, 1.165) is 29.0 Å². The van der Waals surface area contributed by atoms with Gasteiger partial charge in [-0.1, -0.05) is 36.4 Å². The summed E-state index contributed by atoms with van der Waals surface area (Å²) in [6.07, 6.45) is 1.38. The van der Waals surface area contributed by atoms with Gasteiger partial charge in [-0.2, -0.15) is 0 Å². The first-order valence-electron chi connectivity index (χ1n) is 8.46. The molecule has 0 saturated carbocycles. The number of nitrogens with zero attached hydrogens (tertiary/aromatic N) is 1. The summed E-state index contributed by atoms with van der Waals surface area (Å²) in [6, 6.07) is 15.6. The van der Waals surface area contributed by atoms with Crippen LogP contribution in [0, 0.1) is 0 Å². The number of methoxy groups -OCH3 is 1. The predicted molar refractivity (Wildman–Crippen MR) is 96.8 cm³/mol. The van der Waals surface area contributed by atoms with Gasteiger partial charge in [-0.15, -0.1) is 0 Å². The van der Waals surface area contributed by atoms with Crippen molar-refractivity contribution in [3.05, 3.63) is 59.7 Å². The molecule has 0 saturated heterocycles. The van der Waals surface area contributed by atoms with Crippen LogP contribution in [-0.4, -0.2) is 32.0 Å². The van der Waals surface area contributed by atoms with Gasteiger partial charge >= 0.3 is 0 Å². The Morgan fingerprint density at radius 3 is 2.72 bits per heavy atom. The first-order valence-corrected chi connectivity index (χ1v) is 8.46. The van der Waals surface area contributed by atoms with Gasteiger partial charge in [-0.05, 0) is 36.1 Å². The van der Waals surface area contributed by atoms with Crippen molar-refractivity contribution in [2.45, 2.75) is 19.3 Å². The van der Waals surface area contributed by atoms with Gasteiger partial charge in [0.25, 0.3) is 0 Å². The average molecular weight is 338 g/mol. The summed E-state index contributed by atoms with van der Waals surface area (Å²) in [7, 11) is 1.63. The summed E-state index contributed by atoms with van der Waals surface area (Å²) in [5, 5.41) is 2.82. The van der Waals surface area contributed by atoms with Crippen LogP contribution in [0.15, 0.2) is 48.5 Å².